The predicted octanol–water partition coefficient (Wildman–Crippen LogP) is 24.1. The molecule has 0 spiro atoms. The summed E-state index contributed by atoms with van der Waals surface area (Å²) >= 11 is 10.4. The monoisotopic (exact) mass is 1820 g/mol. The Hall–Kier alpha value is -11.5. The van der Waals surface area contributed by atoms with E-state index in [9.17, 15) is 4.57 Å². The number of aromatic nitrogens is 6. The number of rotatable bonds is 9. The summed E-state index contributed by atoms with van der Waals surface area (Å²) in [5, 5.41) is 7.52. The second kappa shape index (κ2) is 31.7. The lowest BCUT2D eigenvalue weighted by atomic mass is 10.1. The maximum Gasteiger partial charge on any atom is 0.423 e. The maximum atomic E-state index is 15.8. The Bertz CT molecular complexity index is 6390. The van der Waals surface area contributed by atoms with Crippen LogP contribution in [0.4, 0.5) is 0 Å². The third-order valence-electron chi connectivity index (χ3n) is 21.3. The van der Waals surface area contributed by atoms with Gasteiger partial charge in [0.15, 0.2) is 67.5 Å². The van der Waals surface area contributed by atoms with Crippen molar-refractivity contribution in [3.05, 3.63) is 349 Å². The maximum absolute atomic E-state index is 15.8. The molecule has 21 heteroatoms. The van der Waals surface area contributed by atoms with Crippen molar-refractivity contribution in [1.82, 2.24) is 29.9 Å². The molecule has 3 aliphatic heterocycles. The van der Waals surface area contributed by atoms with Crippen molar-refractivity contribution < 1.29 is 36.9 Å². The molecular formula is C98H72Br3N6O8P4+. The molecule has 0 saturated heterocycles. The molecule has 0 atom stereocenters. The second-order valence-electron chi connectivity index (χ2n) is 30.1. The average Bonchev–Trinajstić information content (AvgIpc) is 0.731. The van der Waals surface area contributed by atoms with Gasteiger partial charge in [0, 0.05) is 62.7 Å². The Morgan fingerprint density at radius 3 is 0.639 bits per heavy atom. The highest BCUT2D eigenvalue weighted by Gasteiger charge is 2.43. The van der Waals surface area contributed by atoms with E-state index in [-0.39, 0.29) is 0 Å². The highest BCUT2D eigenvalue weighted by molar-refractivity contribution is 9.11. The number of benzene rings is 14. The van der Waals surface area contributed by atoms with Crippen molar-refractivity contribution in [2.75, 3.05) is 0 Å². The number of halogens is 3. The Morgan fingerprint density at radius 1 is 0.244 bits per heavy atom. The minimum atomic E-state index is -3.40. The summed E-state index contributed by atoms with van der Waals surface area (Å²) in [4.78, 5) is 29.5. The lowest BCUT2D eigenvalue weighted by molar-refractivity contribution is 0.484. The first-order valence-electron chi connectivity index (χ1n) is 38.4. The molecule has 0 radical (unpaired) electrons. The van der Waals surface area contributed by atoms with Gasteiger partial charge in [0.05, 0.1) is 31.8 Å². The van der Waals surface area contributed by atoms with E-state index < -0.39 is 28.8 Å². The average molecular weight is 1830 g/mol. The zero-order valence-electron chi connectivity index (χ0n) is 65.6. The molecule has 0 bridgehead atoms. The fourth-order valence-corrected chi connectivity index (χ4v) is 26.5. The van der Waals surface area contributed by atoms with Crippen molar-refractivity contribution in [2.24, 2.45) is 0 Å². The summed E-state index contributed by atoms with van der Waals surface area (Å²) in [6, 6.07) is 93.4. The quantitative estimate of drug-likeness (QED) is 0.0981. The highest BCUT2D eigenvalue weighted by atomic mass is 79.9. The van der Waals surface area contributed by atoms with Gasteiger partial charge in [0.2, 0.25) is 10.2 Å². The summed E-state index contributed by atoms with van der Waals surface area (Å²) in [6.45, 7) is 15.9. The third kappa shape index (κ3) is 15.0. The Labute approximate surface area is 714 Å². The van der Waals surface area contributed by atoms with E-state index in [2.05, 4.69) is 47.8 Å². The van der Waals surface area contributed by atoms with Crippen molar-refractivity contribution in [3.8, 4) is 103 Å². The van der Waals surface area contributed by atoms with Crippen LogP contribution in [0.1, 0.15) is 44.5 Å². The van der Waals surface area contributed by atoms with E-state index in [1.165, 1.54) is 0 Å². The molecule has 3 aromatic heterocycles. The van der Waals surface area contributed by atoms with Gasteiger partial charge in [-0.2, -0.15) is 0 Å². The number of ether oxygens (including phenoxy) is 3. The van der Waals surface area contributed by atoms with Crippen LogP contribution in [0.15, 0.2) is 309 Å². The molecule has 582 valence electrons. The van der Waals surface area contributed by atoms with E-state index in [4.69, 9.17) is 48.5 Å². The van der Waals surface area contributed by atoms with Gasteiger partial charge in [-0.1, -0.05) is 243 Å². The lowest BCUT2D eigenvalue weighted by Gasteiger charge is -2.29. The minimum Gasteiger partial charge on any atom is -0.456 e. The summed E-state index contributed by atoms with van der Waals surface area (Å²) < 4.78 is 87.7. The van der Waals surface area contributed by atoms with E-state index in [0.29, 0.717) is 145 Å². The molecule has 14 nitrogen and oxygen atoms in total. The number of nitrogens with zero attached hydrogens (tertiary/aromatic N) is 6. The minimum absolute atomic E-state index is 0.393. The van der Waals surface area contributed by atoms with Crippen molar-refractivity contribution in [2.45, 2.75) is 55.4 Å². The Morgan fingerprint density at radius 2 is 0.429 bits per heavy atom. The van der Waals surface area contributed by atoms with Gasteiger partial charge in [-0.3, -0.25) is 0 Å². The van der Waals surface area contributed by atoms with Crippen LogP contribution in [0, 0.1) is 55.4 Å². The lowest BCUT2D eigenvalue weighted by Crippen LogP contribution is -2.31. The van der Waals surface area contributed by atoms with Crippen molar-refractivity contribution >= 4 is 146 Å². The molecule has 14 aromatic carbocycles. The van der Waals surface area contributed by atoms with E-state index >= 15 is 13.7 Å². The molecular weight excluding hydrogens is 1750 g/mol. The molecule has 0 N–H and O–H groups in total. The molecule has 3 aliphatic rings. The van der Waals surface area contributed by atoms with Crippen LogP contribution in [0.2, 0.25) is 0 Å². The molecule has 0 amide bonds. The molecule has 20 rings (SSSR count). The van der Waals surface area contributed by atoms with E-state index in [0.717, 1.165) is 84.9 Å². The number of hydrogen-bond donors (Lipinski definition) is 0. The molecule has 0 unspecified atom stereocenters. The van der Waals surface area contributed by atoms with Crippen LogP contribution in [0.5, 0.6) is 34.5 Å². The predicted molar refractivity (Wildman–Crippen MR) is 493 cm³/mol. The summed E-state index contributed by atoms with van der Waals surface area (Å²) in [7, 11) is -11.7. The Balaban J connectivity index is 0.000000178. The smallest absolute Gasteiger partial charge is 0.423 e. The largest absolute Gasteiger partial charge is 0.456 e. The molecule has 119 heavy (non-hydrogen) atoms. The fraction of sp³-hybridized carbons (Fsp3) is 0.0816. The van der Waals surface area contributed by atoms with Gasteiger partial charge in [0.25, 0.3) is 0 Å². The zero-order chi connectivity index (χ0) is 82.3. The summed E-state index contributed by atoms with van der Waals surface area (Å²) in [5.41, 5.74) is 14.4. The molecule has 0 fully saturated rings. The molecule has 0 saturated carbocycles. The van der Waals surface area contributed by atoms with Crippen LogP contribution in [0.25, 0.3) is 89.7 Å². The van der Waals surface area contributed by atoms with Crippen LogP contribution in [0.3, 0.4) is 0 Å². The van der Waals surface area contributed by atoms with Gasteiger partial charge >= 0.3 is 7.41 Å². The van der Waals surface area contributed by atoms with Crippen molar-refractivity contribution in [1.29, 1.82) is 0 Å². The SMILES string of the molecule is Brc1ccc(-c2nc(-c3ccc(Br)cc3)nc(-c3ccc(Br)cc3)n2)cc1.Cc1ccc2c(c1)P(=O)(c1ccc(-c3nc(-c4ccc(P5(=O)c6cc(C)ccc6Oc6ccc(C)cc65)cc4)nc(-c4ccc(P5(=O)c6cc(C)ccc6Oc6ccc(C)cc65)cc4)n3)cc1)c1cc(C)ccc1O2.Cc1ccc2oc3ccc(C)cc3[p+](=O)c2c1. The van der Waals surface area contributed by atoms with Gasteiger partial charge in [0.1, 0.15) is 34.5 Å². The van der Waals surface area contributed by atoms with Gasteiger partial charge in [-0.25, -0.2) is 29.9 Å². The molecule has 6 heterocycles. The van der Waals surface area contributed by atoms with E-state index in [1.54, 1.807) is 0 Å². The topological polar surface area (TPSA) is 186 Å². The van der Waals surface area contributed by atoms with E-state index in [1.807, 2.05) is 347 Å². The normalized spacial score (nSPS) is 13.4. The molecule has 17 aromatic rings. The van der Waals surface area contributed by atoms with Crippen LogP contribution >= 0.6 is 76.6 Å². The van der Waals surface area contributed by atoms with Gasteiger partial charge in [-0.15, -0.1) is 0 Å². The summed E-state index contributed by atoms with van der Waals surface area (Å²) in [6.07, 6.45) is 0. The Kier molecular flexibility index (Phi) is 20.9. The molecule has 0 aliphatic carbocycles. The first kappa shape index (κ1) is 78.7. The fourth-order valence-electron chi connectivity index (χ4n) is 15.1. The standard InChI is InChI=1S/C63H48N3O6P3.C21H12Br3N3.C14H12O2P/c1-37-7-25-49-55(31-37)73(67,56-32-38(2)8-26-50(56)70-49)46-19-13-43(14-20-46)61-64-62(44-15-21-47(22-16-44)74(68)57-33-39(3)9-27-51(57)71-52-28-10-40(4)34-58(52)74)66-63(65-61)45-17-23-48(24-18-45)75(69)59-35-41(5)11-29-53(59)72-54-30-12-42(6)36-60(54)75;22-16-7-1-13(2-8-16)19-25-20(14-3-9-17(23)10-4-14)27-21(26-19)15-5-11-18(24)12-6-15;1-9-3-5-11-13(7-9)17(15)14-8-10(2)4-6-12(14)16-11/h7-36H,1-6H3;1-12H;3-8H,1-2H3/q;;+1. The first-order chi connectivity index (χ1) is 57.4. The third-order valence-corrected chi connectivity index (χ3v) is 33.7. The number of aryl methyl sites for hydroxylation is 8. The van der Waals surface area contributed by atoms with Crippen molar-refractivity contribution in [3.63, 3.8) is 0 Å². The summed E-state index contributed by atoms with van der Waals surface area (Å²) in [5.74, 6) is 6.59. The van der Waals surface area contributed by atoms with Gasteiger partial charge in [-0.05, 0) is 200 Å². The first-order valence-corrected chi connectivity index (χ1v) is 47.2. The zero-order valence-corrected chi connectivity index (χ0v) is 73.9. The highest BCUT2D eigenvalue weighted by Crippen LogP contribution is 2.56. The van der Waals surface area contributed by atoms with Crippen LogP contribution in [-0.2, 0) is 18.3 Å². The van der Waals surface area contributed by atoms with Crippen LogP contribution in [-0.4, -0.2) is 29.9 Å². The second-order valence-corrected chi connectivity index (χ2v) is 42.5. The number of hydrogen-bond acceptors (Lipinski definition) is 14. The van der Waals surface area contributed by atoms with Crippen LogP contribution < -0.4 is 62.0 Å². The number of fused-ring (bicyclic) bond motifs is 8. The van der Waals surface area contributed by atoms with Gasteiger partial charge < -0.3 is 32.3 Å².